The van der Waals surface area contributed by atoms with E-state index in [2.05, 4.69) is 5.32 Å². The molecule has 2 aromatic carbocycles. The summed E-state index contributed by atoms with van der Waals surface area (Å²) < 4.78 is 0. The molecule has 4 atom stereocenters. The summed E-state index contributed by atoms with van der Waals surface area (Å²) in [4.78, 5) is 51.6. The van der Waals surface area contributed by atoms with E-state index in [9.17, 15) is 29.6 Å². The van der Waals surface area contributed by atoms with Crippen molar-refractivity contribution in [2.75, 3.05) is 0 Å². The molecule has 0 saturated carbocycles. The van der Waals surface area contributed by atoms with Crippen molar-refractivity contribution in [1.82, 2.24) is 10.2 Å². The van der Waals surface area contributed by atoms with Gasteiger partial charge in [-0.2, -0.15) is 0 Å². The molecule has 2 aromatic rings. The number of carboxylic acids is 1. The van der Waals surface area contributed by atoms with Gasteiger partial charge >= 0.3 is 5.97 Å². The monoisotopic (exact) mass is 477 g/mol. The SMILES string of the molecule is CC(C)(C)N1C(=O)C2C(C=Cc3ccccc3)NC(Cc3ccc([N+](=O)[O-])cc3)(C(=O)O)C2C1=O. The Bertz CT molecular complexity index is 1200. The van der Waals surface area contributed by atoms with E-state index in [0.717, 1.165) is 5.56 Å². The highest BCUT2D eigenvalue weighted by Gasteiger charge is 2.68. The van der Waals surface area contributed by atoms with Crippen molar-refractivity contribution in [1.29, 1.82) is 0 Å². The van der Waals surface area contributed by atoms with Crippen LogP contribution in [0.5, 0.6) is 0 Å². The number of nitro benzene ring substituents is 1. The van der Waals surface area contributed by atoms with Crippen LogP contribution in [-0.4, -0.2) is 49.8 Å². The smallest absolute Gasteiger partial charge is 0.325 e. The summed E-state index contributed by atoms with van der Waals surface area (Å²) in [6.07, 6.45) is 3.43. The van der Waals surface area contributed by atoms with Gasteiger partial charge in [-0.05, 0) is 31.9 Å². The highest BCUT2D eigenvalue weighted by atomic mass is 16.6. The van der Waals surface area contributed by atoms with Crippen LogP contribution in [-0.2, 0) is 20.8 Å². The number of imide groups is 1. The molecule has 2 N–H and O–H groups in total. The fourth-order valence-electron chi connectivity index (χ4n) is 5.14. The molecular weight excluding hydrogens is 450 g/mol. The Morgan fingerprint density at radius 2 is 1.74 bits per heavy atom. The second-order valence-corrected chi connectivity index (χ2v) is 10.0. The van der Waals surface area contributed by atoms with Crippen molar-refractivity contribution in [3.05, 3.63) is 81.9 Å². The van der Waals surface area contributed by atoms with E-state index in [1.807, 2.05) is 30.3 Å². The molecule has 2 saturated heterocycles. The van der Waals surface area contributed by atoms with Gasteiger partial charge in [0, 0.05) is 30.1 Å². The third kappa shape index (κ3) is 4.23. The van der Waals surface area contributed by atoms with Crippen LogP contribution in [0.2, 0.25) is 0 Å². The lowest BCUT2D eigenvalue weighted by molar-refractivity contribution is -0.384. The summed E-state index contributed by atoms with van der Waals surface area (Å²) in [5, 5.41) is 24.6. The standard InChI is InChI=1S/C26H27N3O6/c1-25(2,3)28-22(30)20-19(14-11-16-7-5-4-6-8-16)27-26(24(32)33,21(20)23(28)31)15-17-9-12-18(13-10-17)29(34)35/h4-14,19-21,27H,15H2,1-3H3,(H,32,33). The van der Waals surface area contributed by atoms with Gasteiger partial charge in [-0.25, -0.2) is 0 Å². The van der Waals surface area contributed by atoms with Gasteiger partial charge in [0.2, 0.25) is 11.8 Å². The normalized spacial score (nSPS) is 26.4. The van der Waals surface area contributed by atoms with Gasteiger partial charge < -0.3 is 5.11 Å². The molecule has 0 aliphatic carbocycles. The van der Waals surface area contributed by atoms with Crippen molar-refractivity contribution in [2.24, 2.45) is 11.8 Å². The highest BCUT2D eigenvalue weighted by molar-refractivity contribution is 6.10. The van der Waals surface area contributed by atoms with Gasteiger partial charge in [-0.15, -0.1) is 0 Å². The van der Waals surface area contributed by atoms with Crippen molar-refractivity contribution in [3.8, 4) is 0 Å². The van der Waals surface area contributed by atoms with Gasteiger partial charge in [0.15, 0.2) is 0 Å². The van der Waals surface area contributed by atoms with Crippen molar-refractivity contribution < 1.29 is 24.4 Å². The number of nitrogens with one attached hydrogen (secondary N) is 1. The second kappa shape index (κ2) is 8.74. The van der Waals surface area contributed by atoms with Gasteiger partial charge in [-0.1, -0.05) is 54.6 Å². The van der Waals surface area contributed by atoms with E-state index >= 15 is 0 Å². The topological polar surface area (TPSA) is 130 Å². The van der Waals surface area contributed by atoms with Gasteiger partial charge in [0.25, 0.3) is 5.69 Å². The molecule has 9 heteroatoms. The summed E-state index contributed by atoms with van der Waals surface area (Å²) in [6.45, 7) is 5.22. The summed E-state index contributed by atoms with van der Waals surface area (Å²) in [7, 11) is 0. The molecule has 2 fully saturated rings. The predicted molar refractivity (Wildman–Crippen MR) is 128 cm³/mol. The lowest BCUT2D eigenvalue weighted by Gasteiger charge is -2.35. The molecule has 35 heavy (non-hydrogen) atoms. The number of carbonyl (C=O) groups excluding carboxylic acids is 2. The molecule has 0 bridgehead atoms. The first-order chi connectivity index (χ1) is 16.5. The summed E-state index contributed by atoms with van der Waals surface area (Å²) in [5.41, 5.74) is -1.32. The first kappa shape index (κ1) is 24.3. The minimum absolute atomic E-state index is 0.117. The maximum absolute atomic E-state index is 13.6. The molecular formula is C26H27N3O6. The zero-order chi connectivity index (χ0) is 25.5. The Morgan fingerprint density at radius 3 is 2.29 bits per heavy atom. The predicted octanol–water partition coefficient (Wildman–Crippen LogP) is 3.05. The lowest BCUT2D eigenvalue weighted by atomic mass is 9.76. The number of fused-ring (bicyclic) bond motifs is 1. The van der Waals surface area contributed by atoms with E-state index in [4.69, 9.17) is 0 Å². The number of benzene rings is 2. The average Bonchev–Trinajstić information content (AvgIpc) is 3.27. The van der Waals surface area contributed by atoms with Crippen molar-refractivity contribution in [3.63, 3.8) is 0 Å². The number of likely N-dealkylation sites (tertiary alicyclic amines) is 1. The number of carbonyl (C=O) groups is 3. The van der Waals surface area contributed by atoms with Crippen molar-refractivity contribution >= 4 is 29.5 Å². The largest absolute Gasteiger partial charge is 0.480 e. The minimum Gasteiger partial charge on any atom is -0.480 e. The molecule has 4 unspecified atom stereocenters. The van der Waals surface area contributed by atoms with Gasteiger partial charge in [-0.3, -0.25) is 34.7 Å². The molecule has 182 valence electrons. The maximum Gasteiger partial charge on any atom is 0.325 e. The molecule has 9 nitrogen and oxygen atoms in total. The molecule has 4 rings (SSSR count). The van der Waals surface area contributed by atoms with Crippen LogP contribution in [0.15, 0.2) is 60.7 Å². The fourth-order valence-corrected chi connectivity index (χ4v) is 5.14. The van der Waals surface area contributed by atoms with E-state index in [1.165, 1.54) is 29.2 Å². The van der Waals surface area contributed by atoms with E-state index in [0.29, 0.717) is 5.56 Å². The fraction of sp³-hybridized carbons (Fsp3) is 0.346. The zero-order valence-corrected chi connectivity index (χ0v) is 19.7. The number of aliphatic carboxylic acids is 1. The third-order valence-corrected chi connectivity index (χ3v) is 6.67. The minimum atomic E-state index is -1.76. The molecule has 2 aliphatic heterocycles. The molecule has 0 aromatic heterocycles. The Kier molecular flexibility index (Phi) is 6.06. The Balaban J connectivity index is 1.78. The Morgan fingerprint density at radius 1 is 1.11 bits per heavy atom. The maximum atomic E-state index is 13.6. The van der Waals surface area contributed by atoms with Crippen LogP contribution < -0.4 is 5.32 Å². The van der Waals surface area contributed by atoms with E-state index < -0.39 is 51.7 Å². The number of hydrogen-bond acceptors (Lipinski definition) is 6. The quantitative estimate of drug-likeness (QED) is 0.372. The zero-order valence-electron chi connectivity index (χ0n) is 19.7. The molecule has 2 amide bonds. The number of amides is 2. The highest BCUT2D eigenvalue weighted by Crippen LogP contribution is 2.47. The van der Waals surface area contributed by atoms with Crippen LogP contribution in [0.3, 0.4) is 0 Å². The first-order valence-corrected chi connectivity index (χ1v) is 11.3. The molecule has 2 heterocycles. The van der Waals surface area contributed by atoms with Crippen LogP contribution in [0.25, 0.3) is 6.08 Å². The van der Waals surface area contributed by atoms with Gasteiger partial charge in [0.05, 0.1) is 16.8 Å². The molecule has 2 aliphatic rings. The summed E-state index contributed by atoms with van der Waals surface area (Å²) >= 11 is 0. The number of nitrogens with zero attached hydrogens (tertiary/aromatic N) is 2. The van der Waals surface area contributed by atoms with Crippen molar-refractivity contribution in [2.45, 2.75) is 44.3 Å². The number of non-ortho nitro benzene ring substituents is 1. The lowest BCUT2D eigenvalue weighted by Crippen LogP contribution is -2.59. The van der Waals surface area contributed by atoms with E-state index in [1.54, 1.807) is 32.9 Å². The third-order valence-electron chi connectivity index (χ3n) is 6.67. The van der Waals surface area contributed by atoms with Gasteiger partial charge in [0.1, 0.15) is 5.54 Å². The number of hydrogen-bond donors (Lipinski definition) is 2. The van der Waals surface area contributed by atoms with Crippen LogP contribution in [0, 0.1) is 22.0 Å². The summed E-state index contributed by atoms with van der Waals surface area (Å²) in [5.74, 6) is -4.21. The van der Waals surface area contributed by atoms with Crippen LogP contribution in [0.1, 0.15) is 31.9 Å². The number of rotatable bonds is 6. The molecule has 0 radical (unpaired) electrons. The second-order valence-electron chi connectivity index (χ2n) is 10.0. The Labute approximate surface area is 202 Å². The average molecular weight is 478 g/mol. The first-order valence-electron chi connectivity index (χ1n) is 11.3. The van der Waals surface area contributed by atoms with Crippen LogP contribution in [0.4, 0.5) is 5.69 Å². The number of carboxylic acid groups (broad SMARTS) is 1. The Hall–Kier alpha value is -3.85. The van der Waals surface area contributed by atoms with E-state index in [-0.39, 0.29) is 12.1 Å². The van der Waals surface area contributed by atoms with Crippen LogP contribution >= 0.6 is 0 Å². The summed E-state index contributed by atoms with van der Waals surface area (Å²) in [6, 6.07) is 14.2. The molecule has 0 spiro atoms. The number of nitro groups is 1.